The van der Waals surface area contributed by atoms with E-state index in [0.717, 1.165) is 6.42 Å². The Labute approximate surface area is 152 Å². The molecule has 10 heteroatoms. The molecule has 0 aliphatic carbocycles. The Kier molecular flexibility index (Phi) is 7.07. The maximum absolute atomic E-state index is 12.0. The first-order chi connectivity index (χ1) is 12.5. The van der Waals surface area contributed by atoms with Gasteiger partial charge in [-0.05, 0) is 26.7 Å². The van der Waals surface area contributed by atoms with Crippen molar-refractivity contribution < 1.29 is 19.2 Å². The molecular formula is C16H25N5O5. The van der Waals surface area contributed by atoms with Crippen molar-refractivity contribution in [2.45, 2.75) is 32.7 Å². The van der Waals surface area contributed by atoms with Gasteiger partial charge in [0.1, 0.15) is 6.33 Å². The van der Waals surface area contributed by atoms with Crippen molar-refractivity contribution in [1.82, 2.24) is 9.97 Å². The highest BCUT2D eigenvalue weighted by Crippen LogP contribution is 2.34. The number of aromatic nitrogens is 2. The van der Waals surface area contributed by atoms with Gasteiger partial charge in [-0.25, -0.2) is 9.97 Å². The fourth-order valence-electron chi connectivity index (χ4n) is 3.02. The largest absolute Gasteiger partial charge is 0.466 e. The first-order valence-corrected chi connectivity index (χ1v) is 8.64. The molecule has 1 N–H and O–H groups in total. The molecule has 2 heterocycles. The number of nitrogens with zero attached hydrogens (tertiary/aromatic N) is 4. The van der Waals surface area contributed by atoms with Crippen molar-refractivity contribution in [2.75, 3.05) is 43.6 Å². The van der Waals surface area contributed by atoms with Crippen molar-refractivity contribution in [3.05, 3.63) is 16.4 Å². The number of rotatable bonds is 8. The van der Waals surface area contributed by atoms with Crippen molar-refractivity contribution in [3.8, 4) is 0 Å². The van der Waals surface area contributed by atoms with Crippen LogP contribution < -0.4 is 10.2 Å². The molecule has 2 rings (SSSR count). The molecule has 144 valence electrons. The summed E-state index contributed by atoms with van der Waals surface area (Å²) in [5.74, 6) is -0.239. The van der Waals surface area contributed by atoms with E-state index in [4.69, 9.17) is 9.47 Å². The standard InChI is InChI=1S/C16H25N5O5/c1-4-26-16(22)12-6-5-7-20(8-12)15-13(21(23)24)14(17-10-18-15)19-11(2)9-25-3/h10-12H,4-9H2,1-3H3,(H,17,18,19). The lowest BCUT2D eigenvalue weighted by Crippen LogP contribution is -2.40. The Bertz CT molecular complexity index is 641. The van der Waals surface area contributed by atoms with Crippen LogP contribution in [-0.4, -0.2) is 60.3 Å². The average Bonchev–Trinajstić information content (AvgIpc) is 2.61. The predicted octanol–water partition coefficient (Wildman–Crippen LogP) is 1.61. The van der Waals surface area contributed by atoms with E-state index in [0.29, 0.717) is 32.7 Å². The van der Waals surface area contributed by atoms with Crippen LogP contribution in [0.5, 0.6) is 0 Å². The van der Waals surface area contributed by atoms with E-state index in [9.17, 15) is 14.9 Å². The number of piperidine rings is 1. The van der Waals surface area contributed by atoms with Crippen LogP contribution >= 0.6 is 0 Å². The van der Waals surface area contributed by atoms with Gasteiger partial charge in [0.25, 0.3) is 0 Å². The average molecular weight is 367 g/mol. The first-order valence-electron chi connectivity index (χ1n) is 8.64. The van der Waals surface area contributed by atoms with Gasteiger partial charge in [0.15, 0.2) is 0 Å². The summed E-state index contributed by atoms with van der Waals surface area (Å²) < 4.78 is 10.1. The van der Waals surface area contributed by atoms with Gasteiger partial charge in [-0.15, -0.1) is 0 Å². The lowest BCUT2D eigenvalue weighted by Gasteiger charge is -2.32. The molecule has 0 radical (unpaired) electrons. The molecular weight excluding hydrogens is 342 g/mol. The monoisotopic (exact) mass is 367 g/mol. The minimum Gasteiger partial charge on any atom is -0.466 e. The lowest BCUT2D eigenvalue weighted by molar-refractivity contribution is -0.383. The maximum Gasteiger partial charge on any atom is 0.353 e. The molecule has 0 saturated carbocycles. The summed E-state index contributed by atoms with van der Waals surface area (Å²) in [6.07, 6.45) is 2.72. The quantitative estimate of drug-likeness (QED) is 0.415. The normalized spacial score (nSPS) is 18.3. The number of nitrogens with one attached hydrogen (secondary N) is 1. The molecule has 1 aromatic heterocycles. The molecule has 0 spiro atoms. The Morgan fingerprint density at radius 3 is 2.96 bits per heavy atom. The maximum atomic E-state index is 12.0. The number of carbonyl (C=O) groups excluding carboxylic acids is 1. The van der Waals surface area contributed by atoms with Gasteiger partial charge in [-0.3, -0.25) is 14.9 Å². The van der Waals surface area contributed by atoms with Crippen molar-refractivity contribution in [3.63, 3.8) is 0 Å². The summed E-state index contributed by atoms with van der Waals surface area (Å²) in [4.78, 5) is 33.1. The summed E-state index contributed by atoms with van der Waals surface area (Å²) in [6.45, 7) is 5.21. The number of carbonyl (C=O) groups is 1. The molecule has 1 fully saturated rings. The van der Waals surface area contributed by atoms with E-state index in [2.05, 4.69) is 15.3 Å². The van der Waals surface area contributed by atoms with E-state index in [1.165, 1.54) is 6.33 Å². The summed E-state index contributed by atoms with van der Waals surface area (Å²) >= 11 is 0. The fraction of sp³-hybridized carbons (Fsp3) is 0.688. The van der Waals surface area contributed by atoms with Crippen molar-refractivity contribution in [2.24, 2.45) is 5.92 Å². The number of hydrogen-bond donors (Lipinski definition) is 1. The molecule has 1 aliphatic rings. The molecule has 1 aliphatic heterocycles. The molecule has 26 heavy (non-hydrogen) atoms. The fourth-order valence-corrected chi connectivity index (χ4v) is 3.02. The molecule has 2 unspecified atom stereocenters. The molecule has 0 aromatic carbocycles. The van der Waals surface area contributed by atoms with Crippen LogP contribution in [0, 0.1) is 16.0 Å². The summed E-state index contributed by atoms with van der Waals surface area (Å²) in [5, 5.41) is 14.7. The van der Waals surface area contributed by atoms with Crippen molar-refractivity contribution >= 4 is 23.3 Å². The van der Waals surface area contributed by atoms with Crippen LogP contribution in [0.4, 0.5) is 17.3 Å². The van der Waals surface area contributed by atoms with Gasteiger partial charge in [-0.1, -0.05) is 0 Å². The van der Waals surface area contributed by atoms with E-state index in [1.54, 1.807) is 18.9 Å². The van der Waals surface area contributed by atoms with Gasteiger partial charge in [0.2, 0.25) is 11.6 Å². The zero-order valence-corrected chi connectivity index (χ0v) is 15.3. The number of nitro groups is 1. The highest BCUT2D eigenvalue weighted by Gasteiger charge is 2.33. The van der Waals surface area contributed by atoms with E-state index in [-0.39, 0.29) is 35.3 Å². The number of esters is 1. The second-order valence-electron chi connectivity index (χ2n) is 6.19. The van der Waals surface area contributed by atoms with E-state index < -0.39 is 4.92 Å². The molecule has 1 aromatic rings. The molecule has 10 nitrogen and oxygen atoms in total. The highest BCUT2D eigenvalue weighted by atomic mass is 16.6. The molecule has 1 saturated heterocycles. The topological polar surface area (TPSA) is 120 Å². The predicted molar refractivity (Wildman–Crippen MR) is 95.2 cm³/mol. The minimum atomic E-state index is -0.495. The molecule has 0 bridgehead atoms. The highest BCUT2D eigenvalue weighted by molar-refractivity contribution is 5.75. The van der Waals surface area contributed by atoms with Crippen LogP contribution in [0.2, 0.25) is 0 Å². The van der Waals surface area contributed by atoms with Gasteiger partial charge in [0, 0.05) is 26.2 Å². The van der Waals surface area contributed by atoms with Gasteiger partial charge in [-0.2, -0.15) is 0 Å². The SMILES string of the molecule is CCOC(=O)C1CCCN(c2ncnc(NC(C)COC)c2[N+](=O)[O-])C1. The minimum absolute atomic E-state index is 0.141. The van der Waals surface area contributed by atoms with E-state index in [1.807, 2.05) is 6.92 Å². The third kappa shape index (κ3) is 4.78. The molecule has 2 atom stereocenters. The first kappa shape index (κ1) is 19.8. The Morgan fingerprint density at radius 2 is 2.31 bits per heavy atom. The Morgan fingerprint density at radius 1 is 1.54 bits per heavy atom. The summed E-state index contributed by atoms with van der Waals surface area (Å²) in [5.41, 5.74) is -0.194. The lowest BCUT2D eigenvalue weighted by atomic mass is 9.98. The number of methoxy groups -OCH3 is 1. The molecule has 0 amide bonds. The van der Waals surface area contributed by atoms with Gasteiger partial charge < -0.3 is 19.7 Å². The zero-order chi connectivity index (χ0) is 19.1. The van der Waals surface area contributed by atoms with Crippen LogP contribution in [-0.2, 0) is 14.3 Å². The Balaban J connectivity index is 2.27. The third-order valence-electron chi connectivity index (χ3n) is 4.13. The van der Waals surface area contributed by atoms with Crippen LogP contribution in [0.25, 0.3) is 0 Å². The van der Waals surface area contributed by atoms with Crippen LogP contribution in [0.1, 0.15) is 26.7 Å². The zero-order valence-electron chi connectivity index (χ0n) is 15.3. The van der Waals surface area contributed by atoms with Crippen molar-refractivity contribution in [1.29, 1.82) is 0 Å². The number of hydrogen-bond acceptors (Lipinski definition) is 9. The number of anilines is 2. The van der Waals surface area contributed by atoms with Gasteiger partial charge >= 0.3 is 11.7 Å². The van der Waals surface area contributed by atoms with E-state index >= 15 is 0 Å². The summed E-state index contributed by atoms with van der Waals surface area (Å²) in [6, 6.07) is -0.157. The second kappa shape index (κ2) is 9.27. The van der Waals surface area contributed by atoms with Crippen LogP contribution in [0.3, 0.4) is 0 Å². The third-order valence-corrected chi connectivity index (χ3v) is 4.13. The summed E-state index contributed by atoms with van der Waals surface area (Å²) in [7, 11) is 1.56. The van der Waals surface area contributed by atoms with Gasteiger partial charge in [0.05, 0.1) is 24.1 Å². The smallest absolute Gasteiger partial charge is 0.353 e. The van der Waals surface area contributed by atoms with Crippen LogP contribution in [0.15, 0.2) is 6.33 Å². The number of ether oxygens (including phenoxy) is 2. The Hall–Kier alpha value is -2.49. The second-order valence-corrected chi connectivity index (χ2v) is 6.19.